The van der Waals surface area contributed by atoms with Gasteiger partial charge in [-0.2, -0.15) is 0 Å². The number of aliphatic carboxylic acids is 1. The minimum absolute atomic E-state index is 0.0117. The van der Waals surface area contributed by atoms with Crippen molar-refractivity contribution < 1.29 is 99.2 Å². The van der Waals surface area contributed by atoms with Crippen LogP contribution in [0.25, 0.3) is 0 Å². The number of hydrogen-bond acceptors (Lipinski definition) is 19. The Labute approximate surface area is 427 Å². The van der Waals surface area contributed by atoms with Crippen LogP contribution in [0.2, 0.25) is 0 Å². The number of fused-ring (bicyclic) bond motifs is 7. The summed E-state index contributed by atoms with van der Waals surface area (Å²) >= 11 is 0. The zero-order chi connectivity index (χ0) is 53.2. The summed E-state index contributed by atoms with van der Waals surface area (Å²) in [6.45, 7) is 17.6. The lowest BCUT2D eigenvalue weighted by molar-refractivity contribution is -0.377. The van der Waals surface area contributed by atoms with E-state index in [1.807, 2.05) is 0 Å². The Balaban J connectivity index is 1.04. The zero-order valence-electron chi connectivity index (χ0n) is 43.3. The standard InChI is InChI=1S/C53H84O20/c1-22-11-14-53(48(65)66)16-15-51(7)26(33(53)23(22)2)9-10-32-50(6)18-27(55)44(49(4,5)31(50)12-13-52(32,51)8)70-30-17-25(19-54)35(59)42(72-45-39(63)36(60)28(56)20-67-45)41(30)71-47-43(37(61)29(57)21-68-47)73-46-40(64)38(62)34(58)24(3)69-46/h9,23-25,27-47,54-64H,1,10-21H2,2-8H3,(H,65,66). The average molecular weight is 1040 g/mol. The molecule has 416 valence electrons. The Kier molecular flexibility index (Phi) is 15.5. The van der Waals surface area contributed by atoms with Gasteiger partial charge in [-0.1, -0.05) is 65.3 Å². The molecule has 0 amide bonds. The fraction of sp³-hybridized carbons (Fsp3) is 0.906. The van der Waals surface area contributed by atoms with E-state index in [2.05, 4.69) is 54.2 Å². The SMILES string of the molecule is C=C1CCC2(C(=O)O)CCC3(C)C(=CCC4C5(C)CC(O)C(OC6CC(CO)C(O)C(OC7OCC(O)C(O)C7O)C6OC6OCC(O)C(O)C6OC6OC(C)C(O)C(O)C6O)C(C)(C)C5CCC43C)C2C1C. The third kappa shape index (κ3) is 8.85. The lowest BCUT2D eigenvalue weighted by Crippen LogP contribution is -2.69. The third-order valence-corrected chi connectivity index (χ3v) is 21.0. The van der Waals surface area contributed by atoms with Crippen molar-refractivity contribution in [2.45, 2.75) is 223 Å². The van der Waals surface area contributed by atoms with E-state index < -0.39 is 164 Å². The molecular formula is C53H84O20. The van der Waals surface area contributed by atoms with Crippen LogP contribution in [0, 0.1) is 56.7 Å². The predicted molar refractivity (Wildman–Crippen MR) is 254 cm³/mol. The van der Waals surface area contributed by atoms with Gasteiger partial charge in [0.1, 0.15) is 67.1 Å². The van der Waals surface area contributed by atoms with Gasteiger partial charge < -0.3 is 94.4 Å². The first-order chi connectivity index (χ1) is 34.2. The van der Waals surface area contributed by atoms with E-state index in [0.717, 1.165) is 31.3 Å². The summed E-state index contributed by atoms with van der Waals surface area (Å²) in [5, 5.41) is 133. The van der Waals surface area contributed by atoms with Gasteiger partial charge in [0.25, 0.3) is 0 Å². The Hall–Kier alpha value is -1.77. The van der Waals surface area contributed by atoms with E-state index in [9.17, 15) is 66.1 Å². The topological polar surface area (TPSA) is 324 Å². The van der Waals surface area contributed by atoms with Crippen LogP contribution in [-0.2, 0) is 38.0 Å². The second kappa shape index (κ2) is 20.2. The highest BCUT2D eigenvalue weighted by Crippen LogP contribution is 2.76. The first-order valence-corrected chi connectivity index (χ1v) is 26.7. The molecule has 9 rings (SSSR count). The minimum Gasteiger partial charge on any atom is -0.481 e. The largest absolute Gasteiger partial charge is 0.481 e. The molecule has 8 fully saturated rings. The van der Waals surface area contributed by atoms with Gasteiger partial charge >= 0.3 is 5.97 Å². The quantitative estimate of drug-likeness (QED) is 0.131. The number of rotatable bonds is 10. The molecule has 6 aliphatic carbocycles. The van der Waals surface area contributed by atoms with E-state index in [1.54, 1.807) is 0 Å². The molecule has 0 spiro atoms. The van der Waals surface area contributed by atoms with Crippen molar-refractivity contribution in [3.05, 3.63) is 23.8 Å². The molecule has 3 saturated heterocycles. The molecule has 20 heteroatoms. The van der Waals surface area contributed by atoms with Gasteiger partial charge in [0.15, 0.2) is 18.9 Å². The molecule has 0 radical (unpaired) electrons. The maximum Gasteiger partial charge on any atom is 0.310 e. The predicted octanol–water partition coefficient (Wildman–Crippen LogP) is 0.247. The summed E-state index contributed by atoms with van der Waals surface area (Å²) in [5.41, 5.74) is -0.225. The molecule has 0 aromatic rings. The molecule has 28 unspecified atom stereocenters. The van der Waals surface area contributed by atoms with Gasteiger partial charge in [0.2, 0.25) is 0 Å². The molecule has 3 aliphatic heterocycles. The van der Waals surface area contributed by atoms with Crippen molar-refractivity contribution >= 4 is 5.97 Å². The summed E-state index contributed by atoms with van der Waals surface area (Å²) in [6, 6.07) is 0. The van der Waals surface area contributed by atoms with Crippen molar-refractivity contribution in [2.24, 2.45) is 56.7 Å². The highest BCUT2D eigenvalue weighted by Gasteiger charge is 2.71. The Bertz CT molecular complexity index is 2060. The average Bonchev–Trinajstić information content (AvgIpc) is 3.33. The molecule has 20 nitrogen and oxygen atoms in total. The summed E-state index contributed by atoms with van der Waals surface area (Å²) in [7, 11) is 0. The second-order valence-corrected chi connectivity index (χ2v) is 25.0. The molecule has 73 heavy (non-hydrogen) atoms. The van der Waals surface area contributed by atoms with E-state index >= 15 is 0 Å². The molecule has 28 atom stereocenters. The maximum absolute atomic E-state index is 13.3. The minimum atomic E-state index is -1.83. The molecule has 5 saturated carbocycles. The first-order valence-electron chi connectivity index (χ1n) is 26.7. The van der Waals surface area contributed by atoms with Crippen LogP contribution in [0.1, 0.15) is 106 Å². The number of carboxylic acid groups (broad SMARTS) is 1. The lowest BCUT2D eigenvalue weighted by Gasteiger charge is -2.71. The van der Waals surface area contributed by atoms with E-state index in [4.69, 9.17) is 33.2 Å². The van der Waals surface area contributed by atoms with E-state index in [0.29, 0.717) is 25.7 Å². The van der Waals surface area contributed by atoms with Gasteiger partial charge in [-0.15, -0.1) is 0 Å². The summed E-state index contributed by atoms with van der Waals surface area (Å²) in [5.74, 6) is -1.72. The van der Waals surface area contributed by atoms with Crippen LogP contribution in [0.15, 0.2) is 23.8 Å². The monoisotopic (exact) mass is 1040 g/mol. The van der Waals surface area contributed by atoms with Crippen LogP contribution in [-0.4, -0.2) is 204 Å². The smallest absolute Gasteiger partial charge is 0.310 e. The molecule has 3 heterocycles. The Morgan fingerprint density at radius 3 is 2.00 bits per heavy atom. The maximum atomic E-state index is 13.3. The van der Waals surface area contributed by atoms with Crippen LogP contribution in [0.5, 0.6) is 0 Å². The van der Waals surface area contributed by atoms with Crippen LogP contribution < -0.4 is 0 Å². The van der Waals surface area contributed by atoms with Crippen molar-refractivity contribution in [1.82, 2.24) is 0 Å². The van der Waals surface area contributed by atoms with Crippen LogP contribution >= 0.6 is 0 Å². The number of hydrogen-bond donors (Lipinski definition) is 12. The van der Waals surface area contributed by atoms with Gasteiger partial charge in [-0.25, -0.2) is 0 Å². The fourth-order valence-corrected chi connectivity index (χ4v) is 16.6. The highest BCUT2D eigenvalue weighted by molar-refractivity contribution is 5.77. The van der Waals surface area contributed by atoms with Gasteiger partial charge in [0, 0.05) is 18.4 Å². The first kappa shape index (κ1) is 56.0. The van der Waals surface area contributed by atoms with Crippen molar-refractivity contribution in [3.8, 4) is 0 Å². The van der Waals surface area contributed by atoms with Crippen molar-refractivity contribution in [2.75, 3.05) is 19.8 Å². The number of ether oxygens (including phenoxy) is 7. The van der Waals surface area contributed by atoms with Crippen LogP contribution in [0.4, 0.5) is 0 Å². The summed E-state index contributed by atoms with van der Waals surface area (Å²) in [4.78, 5) is 13.3. The second-order valence-electron chi connectivity index (χ2n) is 25.0. The Morgan fingerprint density at radius 1 is 0.699 bits per heavy atom. The van der Waals surface area contributed by atoms with Gasteiger partial charge in [-0.3, -0.25) is 4.79 Å². The van der Waals surface area contributed by atoms with E-state index in [1.165, 1.54) is 12.5 Å². The molecule has 12 N–H and O–H groups in total. The summed E-state index contributed by atoms with van der Waals surface area (Å²) in [6.07, 6.45) is -21.2. The van der Waals surface area contributed by atoms with Gasteiger partial charge in [0.05, 0.1) is 49.1 Å². The van der Waals surface area contributed by atoms with Gasteiger partial charge in [-0.05, 0) is 104 Å². The van der Waals surface area contributed by atoms with Crippen molar-refractivity contribution in [1.29, 1.82) is 0 Å². The third-order valence-electron chi connectivity index (χ3n) is 21.0. The number of aliphatic hydroxyl groups excluding tert-OH is 11. The zero-order valence-corrected chi connectivity index (χ0v) is 43.3. The van der Waals surface area contributed by atoms with Crippen LogP contribution in [0.3, 0.4) is 0 Å². The molecule has 9 aliphatic rings. The molecule has 0 aromatic heterocycles. The molecular weight excluding hydrogens is 957 g/mol. The number of aliphatic hydroxyl groups is 11. The molecule has 0 aromatic carbocycles. The highest BCUT2D eigenvalue weighted by atomic mass is 16.8. The molecule has 0 bridgehead atoms. The number of allylic oxidation sites excluding steroid dienone is 3. The van der Waals surface area contributed by atoms with Crippen molar-refractivity contribution in [3.63, 3.8) is 0 Å². The number of carbonyl (C=O) groups is 1. The number of carboxylic acids is 1. The summed E-state index contributed by atoms with van der Waals surface area (Å²) < 4.78 is 43.4. The Morgan fingerprint density at radius 2 is 1.33 bits per heavy atom. The fourth-order valence-electron chi connectivity index (χ4n) is 16.6. The lowest BCUT2D eigenvalue weighted by atomic mass is 9.33. The van der Waals surface area contributed by atoms with E-state index in [-0.39, 0.29) is 40.9 Å². The normalized spacial score (nSPS) is 55.0.